The van der Waals surface area contributed by atoms with Gasteiger partial charge in [-0.15, -0.1) is 0 Å². The molecule has 0 fully saturated rings. The lowest BCUT2D eigenvalue weighted by Gasteiger charge is -2.26. The van der Waals surface area contributed by atoms with Gasteiger partial charge in [0.1, 0.15) is 11.6 Å². The van der Waals surface area contributed by atoms with Gasteiger partial charge < -0.3 is 25.3 Å². The number of nitrogens with zero attached hydrogens (tertiary/aromatic N) is 1. The first-order valence-electron chi connectivity index (χ1n) is 11.5. The first kappa shape index (κ1) is 24.8. The Morgan fingerprint density at radius 3 is 2.44 bits per heavy atom. The lowest BCUT2D eigenvalue weighted by molar-refractivity contribution is 0.0954. The minimum absolute atomic E-state index is 0.216. The maximum absolute atomic E-state index is 13.4. The van der Waals surface area contributed by atoms with Crippen molar-refractivity contribution in [2.24, 2.45) is 0 Å². The molecule has 0 unspecified atom stereocenters. The number of hydrogen-bond donors (Lipinski definition) is 3. The van der Waals surface area contributed by atoms with Gasteiger partial charge in [-0.2, -0.15) is 0 Å². The molecule has 3 N–H and O–H groups in total. The molecule has 0 aliphatic heterocycles. The van der Waals surface area contributed by atoms with Gasteiger partial charge in [0, 0.05) is 24.5 Å². The first-order valence-corrected chi connectivity index (χ1v) is 11.5. The van der Waals surface area contributed by atoms with Gasteiger partial charge in [0.15, 0.2) is 0 Å². The average Bonchev–Trinajstić information content (AvgIpc) is 3.33. The molecule has 0 radical (unpaired) electrons. The number of halogens is 1. The van der Waals surface area contributed by atoms with E-state index in [4.69, 9.17) is 4.42 Å². The predicted molar refractivity (Wildman–Crippen MR) is 133 cm³/mol. The Labute approximate surface area is 199 Å². The van der Waals surface area contributed by atoms with Crippen molar-refractivity contribution in [3.05, 3.63) is 78.0 Å². The van der Waals surface area contributed by atoms with E-state index in [1.54, 1.807) is 24.5 Å². The molecule has 180 valence electrons. The van der Waals surface area contributed by atoms with Gasteiger partial charge in [-0.1, -0.05) is 26.3 Å². The molecule has 2 aromatic carbocycles. The standard InChI is InChI=1S/C26H31FN4O3/c1-3-5-14-31(18-22-10-7-15-34-22)24-12-11-21(17-23(24)25(32)28-13-4-2)30-26(33)29-20-9-6-8-19(27)16-20/h6-12,15-17H,3-5,13-14,18H2,1-2H3,(H,28,32)(H2,29,30,33). The number of rotatable bonds is 11. The fraction of sp³-hybridized carbons (Fsp3) is 0.308. The van der Waals surface area contributed by atoms with Crippen LogP contribution in [0, 0.1) is 5.82 Å². The third-order valence-corrected chi connectivity index (χ3v) is 5.17. The van der Waals surface area contributed by atoms with Gasteiger partial charge in [0.25, 0.3) is 5.91 Å². The number of urea groups is 1. The summed E-state index contributed by atoms with van der Waals surface area (Å²) in [5.74, 6) is 0.139. The van der Waals surface area contributed by atoms with E-state index in [-0.39, 0.29) is 5.91 Å². The number of nitrogens with one attached hydrogen (secondary N) is 3. The fourth-order valence-electron chi connectivity index (χ4n) is 3.49. The van der Waals surface area contributed by atoms with Crippen molar-refractivity contribution in [2.45, 2.75) is 39.7 Å². The minimum atomic E-state index is -0.531. The quantitative estimate of drug-likeness (QED) is 0.323. The zero-order valence-electron chi connectivity index (χ0n) is 19.6. The summed E-state index contributed by atoms with van der Waals surface area (Å²) in [5, 5.41) is 8.25. The maximum atomic E-state index is 13.4. The van der Waals surface area contributed by atoms with E-state index in [0.29, 0.717) is 30.0 Å². The molecule has 3 rings (SSSR count). The van der Waals surface area contributed by atoms with E-state index in [9.17, 15) is 14.0 Å². The second-order valence-electron chi connectivity index (χ2n) is 7.93. The fourth-order valence-corrected chi connectivity index (χ4v) is 3.49. The van der Waals surface area contributed by atoms with Gasteiger partial charge in [-0.25, -0.2) is 9.18 Å². The number of anilines is 3. The third-order valence-electron chi connectivity index (χ3n) is 5.17. The first-order chi connectivity index (χ1) is 16.5. The Hall–Kier alpha value is -3.81. The Kier molecular flexibility index (Phi) is 9.08. The van der Waals surface area contributed by atoms with E-state index >= 15 is 0 Å². The molecule has 3 aromatic rings. The van der Waals surface area contributed by atoms with Crippen molar-refractivity contribution in [1.29, 1.82) is 0 Å². The normalized spacial score (nSPS) is 10.6. The molecule has 7 nitrogen and oxygen atoms in total. The summed E-state index contributed by atoms with van der Waals surface area (Å²) in [6.45, 7) is 5.92. The van der Waals surface area contributed by atoms with Crippen molar-refractivity contribution in [2.75, 3.05) is 28.6 Å². The summed E-state index contributed by atoms with van der Waals surface area (Å²) in [6.07, 6.45) is 4.39. The maximum Gasteiger partial charge on any atom is 0.323 e. The highest BCUT2D eigenvalue weighted by atomic mass is 19.1. The summed E-state index contributed by atoms with van der Waals surface area (Å²) in [6, 6.07) is 14.1. The molecule has 1 aromatic heterocycles. The summed E-state index contributed by atoms with van der Waals surface area (Å²) < 4.78 is 18.9. The van der Waals surface area contributed by atoms with E-state index < -0.39 is 11.8 Å². The molecule has 0 bridgehead atoms. The third kappa shape index (κ3) is 7.10. The molecular weight excluding hydrogens is 435 g/mol. The molecule has 0 saturated carbocycles. The number of furan rings is 1. The largest absolute Gasteiger partial charge is 0.467 e. The van der Waals surface area contributed by atoms with Crippen LogP contribution >= 0.6 is 0 Å². The van der Waals surface area contributed by atoms with Crippen molar-refractivity contribution in [3.8, 4) is 0 Å². The van der Waals surface area contributed by atoms with Gasteiger partial charge >= 0.3 is 6.03 Å². The van der Waals surface area contributed by atoms with E-state index in [1.807, 2.05) is 25.1 Å². The second-order valence-corrected chi connectivity index (χ2v) is 7.93. The van der Waals surface area contributed by atoms with E-state index in [0.717, 1.165) is 37.3 Å². The molecule has 0 saturated heterocycles. The van der Waals surface area contributed by atoms with Crippen LogP contribution < -0.4 is 20.9 Å². The minimum Gasteiger partial charge on any atom is -0.467 e. The molecule has 8 heteroatoms. The second kappa shape index (κ2) is 12.4. The monoisotopic (exact) mass is 466 g/mol. The highest BCUT2D eigenvalue weighted by Crippen LogP contribution is 2.27. The highest BCUT2D eigenvalue weighted by Gasteiger charge is 2.19. The van der Waals surface area contributed by atoms with Crippen LogP contribution in [0.15, 0.2) is 65.3 Å². The zero-order valence-corrected chi connectivity index (χ0v) is 19.6. The number of hydrogen-bond acceptors (Lipinski definition) is 4. The number of amides is 3. The van der Waals surface area contributed by atoms with Crippen molar-refractivity contribution >= 4 is 29.0 Å². The summed E-state index contributed by atoms with van der Waals surface area (Å²) in [5.41, 5.74) is 2.00. The van der Waals surface area contributed by atoms with Crippen molar-refractivity contribution in [3.63, 3.8) is 0 Å². The average molecular weight is 467 g/mol. The Balaban J connectivity index is 1.86. The number of benzene rings is 2. The molecule has 3 amide bonds. The topological polar surface area (TPSA) is 86.6 Å². The Bertz CT molecular complexity index is 1090. The van der Waals surface area contributed by atoms with Crippen LogP contribution in [-0.2, 0) is 6.54 Å². The smallest absolute Gasteiger partial charge is 0.323 e. The number of carbonyl (C=O) groups is 2. The Morgan fingerprint density at radius 1 is 0.971 bits per heavy atom. The van der Waals surface area contributed by atoms with Crippen LogP contribution in [0.4, 0.5) is 26.2 Å². The predicted octanol–water partition coefficient (Wildman–Crippen LogP) is 6.01. The van der Waals surface area contributed by atoms with Crippen LogP contribution in [0.2, 0.25) is 0 Å². The van der Waals surface area contributed by atoms with Crippen molar-refractivity contribution in [1.82, 2.24) is 5.32 Å². The lowest BCUT2D eigenvalue weighted by Crippen LogP contribution is -2.30. The molecular formula is C26H31FN4O3. The molecule has 34 heavy (non-hydrogen) atoms. The summed E-state index contributed by atoms with van der Waals surface area (Å²) >= 11 is 0. The molecule has 0 atom stereocenters. The zero-order chi connectivity index (χ0) is 24.3. The summed E-state index contributed by atoms with van der Waals surface area (Å²) in [7, 11) is 0. The molecule has 1 heterocycles. The van der Waals surface area contributed by atoms with E-state index in [2.05, 4.69) is 27.8 Å². The van der Waals surface area contributed by atoms with Gasteiger partial charge in [-0.3, -0.25) is 4.79 Å². The number of carbonyl (C=O) groups excluding carboxylic acids is 2. The van der Waals surface area contributed by atoms with Gasteiger partial charge in [-0.05, 0) is 61.4 Å². The lowest BCUT2D eigenvalue weighted by atomic mass is 10.1. The molecule has 0 aliphatic rings. The highest BCUT2D eigenvalue weighted by molar-refractivity contribution is 6.04. The SMILES string of the molecule is CCCCN(Cc1ccco1)c1ccc(NC(=O)Nc2cccc(F)c2)cc1C(=O)NCCC. The van der Waals surface area contributed by atoms with Crippen LogP contribution in [0.1, 0.15) is 49.2 Å². The van der Waals surface area contributed by atoms with Crippen LogP contribution in [0.5, 0.6) is 0 Å². The Morgan fingerprint density at radius 2 is 1.76 bits per heavy atom. The molecule has 0 aliphatic carbocycles. The van der Waals surface area contributed by atoms with Crippen LogP contribution in [0.25, 0.3) is 0 Å². The van der Waals surface area contributed by atoms with E-state index in [1.165, 1.54) is 18.2 Å². The van der Waals surface area contributed by atoms with Crippen molar-refractivity contribution < 1.29 is 18.4 Å². The van der Waals surface area contributed by atoms with Gasteiger partial charge in [0.05, 0.1) is 24.1 Å². The summed E-state index contributed by atoms with van der Waals surface area (Å²) in [4.78, 5) is 27.6. The van der Waals surface area contributed by atoms with Gasteiger partial charge in [0.2, 0.25) is 0 Å². The number of unbranched alkanes of at least 4 members (excludes halogenated alkanes) is 1. The molecule has 0 spiro atoms. The van der Waals surface area contributed by atoms with Crippen LogP contribution in [-0.4, -0.2) is 25.0 Å². The van der Waals surface area contributed by atoms with Crippen LogP contribution in [0.3, 0.4) is 0 Å².